The predicted molar refractivity (Wildman–Crippen MR) is 155 cm³/mol. The van der Waals surface area contributed by atoms with Gasteiger partial charge in [0.1, 0.15) is 17.2 Å². The van der Waals surface area contributed by atoms with Crippen molar-refractivity contribution in [3.05, 3.63) is 83.2 Å². The highest BCUT2D eigenvalue weighted by Crippen LogP contribution is 2.65. The lowest BCUT2D eigenvalue weighted by Gasteiger charge is -2.72. The maximum Gasteiger partial charge on any atom is 0.255 e. The molecule has 1 aromatic heterocycles. The summed E-state index contributed by atoms with van der Waals surface area (Å²) < 4.78 is 19.8. The lowest BCUT2D eigenvalue weighted by molar-refractivity contribution is -0.184. The molecule has 3 aromatic carbocycles. The monoisotopic (exact) mass is 553 g/mol. The third-order valence-corrected chi connectivity index (χ3v) is 9.37. The second-order valence-electron chi connectivity index (χ2n) is 11.3. The molecule has 0 saturated heterocycles. The van der Waals surface area contributed by atoms with Gasteiger partial charge in [-0.1, -0.05) is 26.0 Å². The molecule has 210 valence electrons. The summed E-state index contributed by atoms with van der Waals surface area (Å²) in [5, 5.41) is 9.18. The number of carbonyl (C=O) groups excluding carboxylic acids is 3. The van der Waals surface area contributed by atoms with Gasteiger partial charge in [0.2, 0.25) is 5.91 Å². The highest BCUT2D eigenvalue weighted by Gasteiger charge is 2.69. The van der Waals surface area contributed by atoms with Crippen molar-refractivity contribution in [2.45, 2.75) is 32.2 Å². The maximum atomic E-state index is 13.6. The molecule has 7 rings (SSSR count). The number of benzene rings is 3. The summed E-state index contributed by atoms with van der Waals surface area (Å²) in [6.07, 6.45) is 1.09. The quantitative estimate of drug-likeness (QED) is 0.288. The van der Waals surface area contributed by atoms with Crippen molar-refractivity contribution < 1.29 is 23.2 Å². The van der Waals surface area contributed by atoms with Crippen LogP contribution in [0.5, 0.6) is 0 Å². The van der Waals surface area contributed by atoms with Crippen molar-refractivity contribution >= 4 is 28.7 Å². The van der Waals surface area contributed by atoms with Crippen molar-refractivity contribution in [3.8, 4) is 22.5 Å². The molecule has 2 atom stereocenters. The number of likely N-dealkylation sites (N-methyl/N-ethyl adjacent to an activating group) is 1. The van der Waals surface area contributed by atoms with E-state index in [2.05, 4.69) is 29.8 Å². The van der Waals surface area contributed by atoms with E-state index in [0.717, 1.165) is 12.0 Å². The molecule has 3 amide bonds. The van der Waals surface area contributed by atoms with E-state index in [0.29, 0.717) is 62.3 Å². The molecular weight excluding hydrogens is 521 g/mol. The molecule has 1 heterocycles. The van der Waals surface area contributed by atoms with Crippen LogP contribution >= 0.6 is 0 Å². The Balaban J connectivity index is 1.47. The third-order valence-electron chi connectivity index (χ3n) is 9.37. The van der Waals surface area contributed by atoms with Crippen LogP contribution in [0.2, 0.25) is 0 Å². The second-order valence-corrected chi connectivity index (χ2v) is 11.3. The van der Waals surface area contributed by atoms with E-state index < -0.39 is 5.82 Å². The Hall–Kier alpha value is -4.46. The van der Waals surface area contributed by atoms with Gasteiger partial charge in [-0.2, -0.15) is 0 Å². The zero-order valence-electron chi connectivity index (χ0n) is 23.4. The molecule has 41 heavy (non-hydrogen) atoms. The minimum Gasteiger partial charge on any atom is -0.455 e. The summed E-state index contributed by atoms with van der Waals surface area (Å²) in [5.74, 6) is 0.874. The number of halogens is 1. The van der Waals surface area contributed by atoms with Gasteiger partial charge in [-0.05, 0) is 89.4 Å². The van der Waals surface area contributed by atoms with Gasteiger partial charge in [0.05, 0.1) is 12.0 Å². The fraction of sp³-hybridized carbons (Fsp3) is 0.303. The largest absolute Gasteiger partial charge is 0.455 e. The molecule has 0 spiro atoms. The molecule has 3 N–H and O–H groups in total. The molecule has 3 aliphatic rings. The van der Waals surface area contributed by atoms with Gasteiger partial charge in [0.25, 0.3) is 11.8 Å². The Morgan fingerprint density at radius 3 is 2.29 bits per heavy atom. The van der Waals surface area contributed by atoms with Crippen LogP contribution in [0.1, 0.15) is 46.5 Å². The van der Waals surface area contributed by atoms with Gasteiger partial charge in [0, 0.05) is 36.1 Å². The minimum atomic E-state index is -0.400. The summed E-state index contributed by atoms with van der Waals surface area (Å²) in [5.41, 5.74) is 3.81. The van der Waals surface area contributed by atoms with Gasteiger partial charge in [-0.15, -0.1) is 0 Å². The highest BCUT2D eigenvalue weighted by atomic mass is 19.1. The number of hydrogen-bond acceptors (Lipinski definition) is 4. The fourth-order valence-electron chi connectivity index (χ4n) is 6.69. The molecule has 2 bridgehead atoms. The van der Waals surface area contributed by atoms with Crippen LogP contribution < -0.4 is 16.0 Å². The molecule has 8 heteroatoms. The summed E-state index contributed by atoms with van der Waals surface area (Å²) in [4.78, 5) is 39.0. The average molecular weight is 554 g/mol. The topological polar surface area (TPSA) is 100 Å². The van der Waals surface area contributed by atoms with Crippen LogP contribution in [0.25, 0.3) is 33.4 Å². The number of hydrogen-bond donors (Lipinski definition) is 3. The van der Waals surface area contributed by atoms with Crippen molar-refractivity contribution in [3.63, 3.8) is 0 Å². The van der Waals surface area contributed by atoms with Gasteiger partial charge in [-0.3, -0.25) is 14.4 Å². The first-order chi connectivity index (χ1) is 19.7. The van der Waals surface area contributed by atoms with E-state index in [1.165, 1.54) is 19.2 Å². The smallest absolute Gasteiger partial charge is 0.255 e. The van der Waals surface area contributed by atoms with Gasteiger partial charge in [0.15, 0.2) is 0 Å². The van der Waals surface area contributed by atoms with Crippen molar-refractivity contribution in [1.29, 1.82) is 0 Å². The molecule has 3 aliphatic carbocycles. The lowest BCUT2D eigenvalue weighted by Crippen LogP contribution is -2.80. The van der Waals surface area contributed by atoms with E-state index in [1.54, 1.807) is 31.3 Å². The first-order valence-electron chi connectivity index (χ1n) is 13.9. The maximum absolute atomic E-state index is 13.6. The standard InChI is InChI=1S/C33H32FN3O4/c1-17-26-16-33(17,18(26)2)37-31(39)21-7-5-6-20(12-21)24-15-25-27(13-22(24)14-28(38)35-3)41-30(29(25)32(40)36-4)19-8-10-23(34)11-9-19/h5-13,15,17-18,26H,14,16H2,1-4H3,(H,35,38)(H,36,40)(H,37,39). The van der Waals surface area contributed by atoms with Crippen LogP contribution in [0.4, 0.5) is 4.39 Å². The van der Waals surface area contributed by atoms with Crippen LogP contribution in [-0.2, 0) is 11.2 Å². The van der Waals surface area contributed by atoms with Gasteiger partial charge in [-0.25, -0.2) is 4.39 Å². The molecular formula is C33H32FN3O4. The first-order valence-corrected chi connectivity index (χ1v) is 13.9. The number of fused-ring (bicyclic) bond motifs is 1. The van der Waals surface area contributed by atoms with Gasteiger partial charge < -0.3 is 20.4 Å². The summed E-state index contributed by atoms with van der Waals surface area (Å²) in [6, 6.07) is 16.6. The Morgan fingerprint density at radius 1 is 0.927 bits per heavy atom. The van der Waals surface area contributed by atoms with Crippen molar-refractivity contribution in [2.24, 2.45) is 17.8 Å². The Kier molecular flexibility index (Phi) is 6.44. The normalized spacial score (nSPS) is 22.4. The van der Waals surface area contributed by atoms with E-state index in [9.17, 15) is 18.8 Å². The fourth-order valence-corrected chi connectivity index (χ4v) is 6.69. The van der Waals surface area contributed by atoms with E-state index >= 15 is 0 Å². The zero-order valence-corrected chi connectivity index (χ0v) is 23.4. The minimum absolute atomic E-state index is 0.0691. The molecule has 0 radical (unpaired) electrons. The Bertz CT molecular complexity index is 1700. The third kappa shape index (κ3) is 4.20. The number of amides is 3. The number of rotatable bonds is 7. The SMILES string of the molecule is CNC(=O)Cc1cc2oc(-c3ccc(F)cc3)c(C(=O)NC)c2cc1-c1cccc(C(=O)NC23CC(C2C)C3C)c1. The Morgan fingerprint density at radius 2 is 1.66 bits per heavy atom. The van der Waals surface area contributed by atoms with Crippen molar-refractivity contribution in [2.75, 3.05) is 14.1 Å². The second kappa shape index (κ2) is 9.87. The molecule has 7 nitrogen and oxygen atoms in total. The number of carbonyl (C=O) groups is 3. The summed E-state index contributed by atoms with van der Waals surface area (Å²) in [7, 11) is 3.10. The van der Waals surface area contributed by atoms with E-state index in [1.807, 2.05) is 24.3 Å². The van der Waals surface area contributed by atoms with Gasteiger partial charge >= 0.3 is 0 Å². The zero-order chi connectivity index (χ0) is 29.1. The molecule has 4 aromatic rings. The molecule has 3 fully saturated rings. The van der Waals surface area contributed by atoms with Crippen LogP contribution in [0, 0.1) is 23.6 Å². The number of nitrogens with one attached hydrogen (secondary N) is 3. The van der Waals surface area contributed by atoms with Crippen LogP contribution in [0.15, 0.2) is 65.1 Å². The highest BCUT2D eigenvalue weighted by molar-refractivity contribution is 6.12. The predicted octanol–water partition coefficient (Wildman–Crippen LogP) is 5.33. The van der Waals surface area contributed by atoms with E-state index in [-0.39, 0.29) is 29.7 Å². The first kappa shape index (κ1) is 26.7. The van der Waals surface area contributed by atoms with Crippen LogP contribution in [0.3, 0.4) is 0 Å². The van der Waals surface area contributed by atoms with Crippen molar-refractivity contribution in [1.82, 2.24) is 16.0 Å². The molecule has 2 unspecified atom stereocenters. The number of furan rings is 1. The lowest BCUT2D eigenvalue weighted by atomic mass is 9.37. The van der Waals surface area contributed by atoms with Crippen LogP contribution in [-0.4, -0.2) is 37.4 Å². The van der Waals surface area contributed by atoms with E-state index in [4.69, 9.17) is 4.42 Å². The summed E-state index contributed by atoms with van der Waals surface area (Å²) >= 11 is 0. The summed E-state index contributed by atoms with van der Waals surface area (Å²) in [6.45, 7) is 4.39. The molecule has 3 saturated carbocycles. The Labute approximate surface area is 237 Å². The molecule has 0 aliphatic heterocycles. The average Bonchev–Trinajstić information content (AvgIpc) is 3.36.